The van der Waals surface area contributed by atoms with Crippen molar-refractivity contribution in [2.24, 2.45) is 11.3 Å². The smallest absolute Gasteiger partial charge is 0.251 e. The summed E-state index contributed by atoms with van der Waals surface area (Å²) in [5, 5.41) is 3.20. The van der Waals surface area contributed by atoms with Crippen LogP contribution in [0.3, 0.4) is 0 Å². The molecular weight excluding hydrogens is 250 g/mol. The minimum Gasteiger partial charge on any atom is -0.384 e. The number of amides is 1. The third kappa shape index (κ3) is 2.75. The molecule has 1 aromatic heterocycles. The third-order valence-corrected chi connectivity index (χ3v) is 3.99. The fraction of sp³-hybridized carbons (Fsp3) is 0.538. The van der Waals surface area contributed by atoms with Gasteiger partial charge in [0.15, 0.2) is 0 Å². The van der Waals surface area contributed by atoms with Crippen LogP contribution < -0.4 is 11.1 Å². The monoisotopic (exact) mass is 267 g/mol. The number of nitrogens with two attached hydrogens (primary N) is 1. The first-order chi connectivity index (χ1) is 8.43. The van der Waals surface area contributed by atoms with E-state index in [2.05, 4.69) is 24.1 Å². The number of halogens is 1. The van der Waals surface area contributed by atoms with Crippen molar-refractivity contribution in [3.05, 3.63) is 22.8 Å². The van der Waals surface area contributed by atoms with Gasteiger partial charge in [-0.3, -0.25) is 4.79 Å². The first kappa shape index (κ1) is 13.1. The molecule has 0 unspecified atom stereocenters. The number of aromatic nitrogens is 1. The molecule has 0 aliphatic heterocycles. The van der Waals surface area contributed by atoms with Crippen LogP contribution in [0.1, 0.15) is 37.0 Å². The lowest BCUT2D eigenvalue weighted by molar-refractivity contribution is 0.0939. The zero-order valence-electron chi connectivity index (χ0n) is 10.7. The molecule has 5 heteroatoms. The molecule has 0 radical (unpaired) electrons. The summed E-state index contributed by atoms with van der Waals surface area (Å²) in [6.07, 6.45) is 2.37. The number of nitrogens with zero attached hydrogens (tertiary/aromatic N) is 1. The van der Waals surface area contributed by atoms with E-state index in [0.717, 1.165) is 0 Å². The average Bonchev–Trinajstić information content (AvgIpc) is 3.05. The Balaban J connectivity index is 2.00. The highest BCUT2D eigenvalue weighted by molar-refractivity contribution is 6.29. The van der Waals surface area contributed by atoms with Crippen molar-refractivity contribution < 1.29 is 4.79 Å². The number of carbonyl (C=O) groups is 1. The fourth-order valence-corrected chi connectivity index (χ4v) is 2.34. The molecule has 1 saturated carbocycles. The number of hydrogen-bond acceptors (Lipinski definition) is 3. The van der Waals surface area contributed by atoms with Crippen LogP contribution in [0.2, 0.25) is 5.15 Å². The molecule has 3 N–H and O–H groups in total. The van der Waals surface area contributed by atoms with Crippen LogP contribution in [-0.2, 0) is 0 Å². The van der Waals surface area contributed by atoms with E-state index in [4.69, 9.17) is 17.3 Å². The fourth-order valence-electron chi connectivity index (χ4n) is 2.13. The quantitative estimate of drug-likeness (QED) is 0.824. The molecule has 18 heavy (non-hydrogen) atoms. The highest BCUT2D eigenvalue weighted by atomic mass is 35.5. The molecular formula is C13H18ClN3O. The maximum Gasteiger partial charge on any atom is 0.251 e. The number of rotatable bonds is 4. The van der Waals surface area contributed by atoms with Gasteiger partial charge in [0, 0.05) is 12.1 Å². The van der Waals surface area contributed by atoms with Gasteiger partial charge >= 0.3 is 0 Å². The van der Waals surface area contributed by atoms with E-state index >= 15 is 0 Å². The van der Waals surface area contributed by atoms with Crippen molar-refractivity contribution >= 4 is 23.3 Å². The summed E-state index contributed by atoms with van der Waals surface area (Å²) in [5.74, 6) is 0.708. The van der Waals surface area contributed by atoms with Gasteiger partial charge in [-0.2, -0.15) is 0 Å². The van der Waals surface area contributed by atoms with Crippen LogP contribution in [0.4, 0.5) is 5.82 Å². The maximum absolute atomic E-state index is 12.0. The summed E-state index contributed by atoms with van der Waals surface area (Å²) in [7, 11) is 0. The highest BCUT2D eigenvalue weighted by Crippen LogP contribution is 2.51. The minimum atomic E-state index is -0.141. The normalized spacial score (nSPS) is 16.7. The van der Waals surface area contributed by atoms with Gasteiger partial charge in [0.2, 0.25) is 0 Å². The first-order valence-electron chi connectivity index (χ1n) is 6.14. The molecule has 4 nitrogen and oxygen atoms in total. The number of carbonyl (C=O) groups excluding carboxylic acids is 1. The van der Waals surface area contributed by atoms with Gasteiger partial charge in [0.25, 0.3) is 5.91 Å². The predicted molar refractivity (Wildman–Crippen MR) is 72.5 cm³/mol. The largest absolute Gasteiger partial charge is 0.384 e. The molecule has 0 aromatic carbocycles. The third-order valence-electron chi connectivity index (χ3n) is 3.79. The summed E-state index contributed by atoms with van der Waals surface area (Å²) >= 11 is 5.78. The van der Waals surface area contributed by atoms with Crippen molar-refractivity contribution in [1.82, 2.24) is 10.3 Å². The minimum absolute atomic E-state index is 0.141. The topological polar surface area (TPSA) is 68.0 Å². The summed E-state index contributed by atoms with van der Waals surface area (Å²) in [5.41, 5.74) is 6.32. The van der Waals surface area contributed by atoms with E-state index in [9.17, 15) is 4.79 Å². The Kier molecular flexibility index (Phi) is 3.48. The summed E-state index contributed by atoms with van der Waals surface area (Å²) in [6, 6.07) is 3.07. The molecule has 0 spiro atoms. The van der Waals surface area contributed by atoms with Gasteiger partial charge in [-0.15, -0.1) is 0 Å². The second kappa shape index (κ2) is 4.76. The number of pyridine rings is 1. The summed E-state index contributed by atoms with van der Waals surface area (Å²) in [4.78, 5) is 15.8. The van der Waals surface area contributed by atoms with Crippen LogP contribution in [0.15, 0.2) is 12.1 Å². The lowest BCUT2D eigenvalue weighted by Gasteiger charge is -2.20. The van der Waals surface area contributed by atoms with Gasteiger partial charge in [-0.1, -0.05) is 25.4 Å². The molecule has 2 rings (SSSR count). The van der Waals surface area contributed by atoms with E-state index in [1.165, 1.54) is 25.0 Å². The highest BCUT2D eigenvalue weighted by Gasteiger charge is 2.45. The maximum atomic E-state index is 12.0. The summed E-state index contributed by atoms with van der Waals surface area (Å²) < 4.78 is 0. The van der Waals surface area contributed by atoms with Crippen molar-refractivity contribution in [2.45, 2.75) is 26.7 Å². The number of hydrogen-bond donors (Lipinski definition) is 2. The average molecular weight is 268 g/mol. The first-order valence-corrected chi connectivity index (χ1v) is 6.52. The zero-order chi connectivity index (χ0) is 13.3. The molecule has 0 atom stereocenters. The Morgan fingerprint density at radius 2 is 2.22 bits per heavy atom. The van der Waals surface area contributed by atoms with E-state index < -0.39 is 0 Å². The van der Waals surface area contributed by atoms with Crippen LogP contribution in [0.25, 0.3) is 0 Å². The second-order valence-corrected chi connectivity index (χ2v) is 5.69. The van der Waals surface area contributed by atoms with Gasteiger partial charge < -0.3 is 11.1 Å². The van der Waals surface area contributed by atoms with Crippen LogP contribution >= 0.6 is 11.6 Å². The van der Waals surface area contributed by atoms with Gasteiger partial charge in [0.1, 0.15) is 11.0 Å². The Morgan fingerprint density at radius 3 is 2.72 bits per heavy atom. The van der Waals surface area contributed by atoms with E-state index in [0.29, 0.717) is 18.0 Å². The molecule has 0 bridgehead atoms. The molecule has 98 valence electrons. The van der Waals surface area contributed by atoms with Crippen molar-refractivity contribution in [3.8, 4) is 0 Å². The number of nitrogens with one attached hydrogen (secondary N) is 1. The number of anilines is 1. The molecule has 1 amide bonds. The SMILES string of the molecule is CC(C)C1(CNC(=O)c2cc(N)nc(Cl)c2)CC1. The van der Waals surface area contributed by atoms with E-state index in [1.54, 1.807) is 0 Å². The molecule has 1 aromatic rings. The van der Waals surface area contributed by atoms with Crippen molar-refractivity contribution in [1.29, 1.82) is 0 Å². The van der Waals surface area contributed by atoms with Gasteiger partial charge in [-0.05, 0) is 36.3 Å². The Hall–Kier alpha value is -1.29. The lowest BCUT2D eigenvalue weighted by atomic mass is 9.92. The van der Waals surface area contributed by atoms with Crippen LogP contribution in [-0.4, -0.2) is 17.4 Å². The number of nitrogen functional groups attached to an aromatic ring is 1. The molecule has 0 saturated heterocycles. The standard InChI is InChI=1S/C13H18ClN3O/c1-8(2)13(3-4-13)7-16-12(18)9-5-10(14)17-11(15)6-9/h5-6,8H,3-4,7H2,1-2H3,(H2,15,17)(H,16,18). The lowest BCUT2D eigenvalue weighted by Crippen LogP contribution is -2.32. The predicted octanol–water partition coefficient (Wildman–Crippen LogP) is 2.48. The molecule has 1 heterocycles. The van der Waals surface area contributed by atoms with Gasteiger partial charge in [0.05, 0.1) is 0 Å². The van der Waals surface area contributed by atoms with Crippen molar-refractivity contribution in [2.75, 3.05) is 12.3 Å². The molecule has 1 fully saturated rings. The van der Waals surface area contributed by atoms with Gasteiger partial charge in [-0.25, -0.2) is 4.98 Å². The van der Waals surface area contributed by atoms with E-state index in [-0.39, 0.29) is 22.3 Å². The second-order valence-electron chi connectivity index (χ2n) is 5.30. The van der Waals surface area contributed by atoms with E-state index in [1.807, 2.05) is 0 Å². The van der Waals surface area contributed by atoms with Crippen LogP contribution in [0.5, 0.6) is 0 Å². The molecule has 1 aliphatic carbocycles. The summed E-state index contributed by atoms with van der Waals surface area (Å²) in [6.45, 7) is 5.10. The Morgan fingerprint density at radius 1 is 1.56 bits per heavy atom. The Labute approximate surface area is 112 Å². The molecule has 1 aliphatic rings. The zero-order valence-corrected chi connectivity index (χ0v) is 11.4. The van der Waals surface area contributed by atoms with Crippen molar-refractivity contribution in [3.63, 3.8) is 0 Å². The Bertz CT molecular complexity index is 449. The van der Waals surface area contributed by atoms with Crippen LogP contribution in [0, 0.1) is 11.3 Å².